The van der Waals surface area contributed by atoms with E-state index in [4.69, 9.17) is 15.7 Å². The van der Waals surface area contributed by atoms with E-state index in [9.17, 15) is 5.11 Å². The summed E-state index contributed by atoms with van der Waals surface area (Å²) in [5.41, 5.74) is 11.8. The van der Waals surface area contributed by atoms with Gasteiger partial charge in [-0.3, -0.25) is 0 Å². The van der Waals surface area contributed by atoms with Crippen LogP contribution < -0.4 is 5.73 Å². The van der Waals surface area contributed by atoms with Gasteiger partial charge in [0.2, 0.25) is 0 Å². The Hall–Kier alpha value is -3.45. The van der Waals surface area contributed by atoms with E-state index in [2.05, 4.69) is 9.97 Å². The first-order valence-electron chi connectivity index (χ1n) is 8.36. The van der Waals surface area contributed by atoms with Gasteiger partial charge in [-0.15, -0.1) is 0 Å². The number of fused-ring (bicyclic) bond motifs is 3. The molecule has 3 heterocycles. The zero-order chi connectivity index (χ0) is 17.7. The summed E-state index contributed by atoms with van der Waals surface area (Å²) in [7, 11) is 0. The Kier molecular flexibility index (Phi) is 3.16. The second-order valence-electron chi connectivity index (χ2n) is 6.12. The van der Waals surface area contributed by atoms with E-state index < -0.39 is 0 Å². The Labute approximate surface area is 148 Å². The van der Waals surface area contributed by atoms with Crippen LogP contribution in [0.4, 0.5) is 5.82 Å². The lowest BCUT2D eigenvalue weighted by Crippen LogP contribution is -2.07. The number of aliphatic hydroxyl groups is 1. The monoisotopic (exact) mass is 344 g/mol. The van der Waals surface area contributed by atoms with Gasteiger partial charge in [0.05, 0.1) is 34.2 Å². The quantitative estimate of drug-likeness (QED) is 0.467. The molecule has 0 aliphatic carbocycles. The number of nitrogens with two attached hydrogens (primary N) is 1. The van der Waals surface area contributed by atoms with Crippen molar-refractivity contribution >= 4 is 39.0 Å². The van der Waals surface area contributed by atoms with Crippen molar-refractivity contribution < 1.29 is 5.11 Å². The minimum absolute atomic E-state index is 0.0396. The normalized spacial score (nSPS) is 11.7. The first-order valence-corrected chi connectivity index (χ1v) is 8.36. The molecule has 5 aromatic rings. The van der Waals surface area contributed by atoms with Gasteiger partial charge in [-0.1, -0.05) is 24.3 Å². The molecule has 7 nitrogen and oxygen atoms in total. The summed E-state index contributed by atoms with van der Waals surface area (Å²) in [4.78, 5) is 17.5. The fraction of sp³-hybridized carbons (Fsp3) is 0.105. The molecule has 0 aliphatic rings. The van der Waals surface area contributed by atoms with Crippen molar-refractivity contribution in [3.05, 3.63) is 48.5 Å². The number of H-pyrrole nitrogens is 1. The van der Waals surface area contributed by atoms with Gasteiger partial charge in [-0.25, -0.2) is 15.0 Å². The molecule has 0 saturated carbocycles. The van der Waals surface area contributed by atoms with Crippen molar-refractivity contribution in [2.24, 2.45) is 0 Å². The Bertz CT molecular complexity index is 1240. The number of nitrogens with one attached hydrogen (secondary N) is 1. The molecule has 4 N–H and O–H groups in total. The van der Waals surface area contributed by atoms with Gasteiger partial charge in [0.15, 0.2) is 5.65 Å². The summed E-state index contributed by atoms with van der Waals surface area (Å²) < 4.78 is 1.79. The summed E-state index contributed by atoms with van der Waals surface area (Å²) in [5.74, 6) is 1.14. The molecule has 0 saturated heterocycles. The first-order chi connectivity index (χ1) is 12.8. The van der Waals surface area contributed by atoms with Crippen molar-refractivity contribution in [2.75, 3.05) is 12.3 Å². The third-order valence-electron chi connectivity index (χ3n) is 4.54. The largest absolute Gasteiger partial charge is 0.395 e. The highest BCUT2D eigenvalue weighted by Crippen LogP contribution is 2.35. The van der Waals surface area contributed by atoms with Gasteiger partial charge >= 0.3 is 0 Å². The zero-order valence-corrected chi connectivity index (χ0v) is 13.8. The lowest BCUT2D eigenvalue weighted by atomic mass is 10.2. The Balaban J connectivity index is 1.88. The average Bonchev–Trinajstić information content (AvgIpc) is 3.19. The predicted molar refractivity (Wildman–Crippen MR) is 102 cm³/mol. The minimum atomic E-state index is -0.0396. The number of hydrogen-bond donors (Lipinski definition) is 3. The third kappa shape index (κ3) is 2.07. The number of nitrogens with zero attached hydrogens (tertiary/aromatic N) is 4. The highest BCUT2D eigenvalue weighted by molar-refractivity contribution is 6.01. The Morgan fingerprint density at radius 2 is 1.62 bits per heavy atom. The van der Waals surface area contributed by atoms with E-state index in [0.717, 1.165) is 22.1 Å². The molecule has 0 aliphatic heterocycles. The van der Waals surface area contributed by atoms with Crippen LogP contribution in [0.25, 0.3) is 44.6 Å². The van der Waals surface area contributed by atoms with Crippen LogP contribution in [0.2, 0.25) is 0 Å². The second kappa shape index (κ2) is 5.53. The highest BCUT2D eigenvalue weighted by Gasteiger charge is 2.22. The molecule has 5 rings (SSSR count). The van der Waals surface area contributed by atoms with Crippen molar-refractivity contribution in [3.8, 4) is 11.4 Å². The number of anilines is 1. The Morgan fingerprint density at radius 1 is 0.923 bits per heavy atom. The molecular weight excluding hydrogens is 328 g/mol. The van der Waals surface area contributed by atoms with Gasteiger partial charge in [0.1, 0.15) is 17.2 Å². The summed E-state index contributed by atoms with van der Waals surface area (Å²) in [6, 6.07) is 15.5. The molecule has 26 heavy (non-hydrogen) atoms. The maximum absolute atomic E-state index is 9.46. The van der Waals surface area contributed by atoms with Gasteiger partial charge in [-0.2, -0.15) is 0 Å². The molecule has 0 fully saturated rings. The number of aromatic nitrogens is 5. The van der Waals surface area contributed by atoms with Crippen LogP contribution >= 0.6 is 0 Å². The van der Waals surface area contributed by atoms with Crippen molar-refractivity contribution in [2.45, 2.75) is 6.54 Å². The summed E-state index contributed by atoms with van der Waals surface area (Å²) in [5, 5.41) is 9.46. The third-order valence-corrected chi connectivity index (χ3v) is 4.54. The van der Waals surface area contributed by atoms with Crippen molar-refractivity contribution in [1.82, 2.24) is 24.5 Å². The van der Waals surface area contributed by atoms with E-state index in [1.54, 1.807) is 4.57 Å². The molecule has 128 valence electrons. The van der Waals surface area contributed by atoms with E-state index in [1.807, 2.05) is 48.5 Å². The second-order valence-corrected chi connectivity index (χ2v) is 6.12. The topological polar surface area (TPSA) is 106 Å². The summed E-state index contributed by atoms with van der Waals surface area (Å²) >= 11 is 0. The minimum Gasteiger partial charge on any atom is -0.395 e. The lowest BCUT2D eigenvalue weighted by Gasteiger charge is -2.04. The fourth-order valence-electron chi connectivity index (χ4n) is 3.35. The standard InChI is InChI=1S/C19H16N6O/c20-17-15(18-22-12-6-2-3-7-13(12)23-18)16-19(25(17)9-10-26)24-14-8-4-1-5-11(14)21-16/h1-8,26H,9-10,20H2,(H,22,23). The SMILES string of the molecule is Nc1c(-c2nc3ccccc3[nH]2)c2nc3ccccc3nc2n1CCO. The number of hydrogen-bond acceptors (Lipinski definition) is 5. The molecular formula is C19H16N6O. The van der Waals surface area contributed by atoms with Gasteiger partial charge in [-0.05, 0) is 24.3 Å². The number of imidazole rings is 1. The summed E-state index contributed by atoms with van der Waals surface area (Å²) in [6.45, 7) is 0.303. The van der Waals surface area contributed by atoms with E-state index in [-0.39, 0.29) is 6.61 Å². The number of aromatic amines is 1. The molecule has 0 amide bonds. The number of rotatable bonds is 3. The highest BCUT2D eigenvalue weighted by atomic mass is 16.3. The molecule has 0 atom stereocenters. The van der Waals surface area contributed by atoms with Crippen molar-refractivity contribution in [1.29, 1.82) is 0 Å². The maximum atomic E-state index is 9.46. The van der Waals surface area contributed by atoms with Gasteiger partial charge in [0, 0.05) is 6.54 Å². The fourth-order valence-corrected chi connectivity index (χ4v) is 3.35. The van der Waals surface area contributed by atoms with Crippen LogP contribution in [0, 0.1) is 0 Å². The van der Waals surface area contributed by atoms with Crippen LogP contribution in [-0.2, 0) is 6.54 Å². The smallest absolute Gasteiger partial charge is 0.161 e. The number of aliphatic hydroxyl groups excluding tert-OH is 1. The molecule has 0 radical (unpaired) electrons. The van der Waals surface area contributed by atoms with Crippen LogP contribution in [-0.4, -0.2) is 36.2 Å². The molecule has 3 aromatic heterocycles. The average molecular weight is 344 g/mol. The van der Waals surface area contributed by atoms with Gasteiger partial charge in [0.25, 0.3) is 0 Å². The summed E-state index contributed by atoms with van der Waals surface area (Å²) in [6.07, 6.45) is 0. The molecule has 0 spiro atoms. The van der Waals surface area contributed by atoms with E-state index in [1.165, 1.54) is 0 Å². The molecule has 7 heteroatoms. The lowest BCUT2D eigenvalue weighted by molar-refractivity contribution is 0.278. The number of nitrogen functional groups attached to an aromatic ring is 1. The van der Waals surface area contributed by atoms with Crippen LogP contribution in [0.3, 0.4) is 0 Å². The molecule has 0 unspecified atom stereocenters. The van der Waals surface area contributed by atoms with E-state index >= 15 is 0 Å². The first kappa shape index (κ1) is 14.9. The van der Waals surface area contributed by atoms with Gasteiger partial charge < -0.3 is 20.4 Å². The van der Waals surface area contributed by atoms with Crippen LogP contribution in [0.1, 0.15) is 0 Å². The number of benzene rings is 2. The van der Waals surface area contributed by atoms with E-state index in [0.29, 0.717) is 34.9 Å². The zero-order valence-electron chi connectivity index (χ0n) is 13.8. The molecule has 2 aromatic carbocycles. The maximum Gasteiger partial charge on any atom is 0.161 e. The van der Waals surface area contributed by atoms with Crippen LogP contribution in [0.5, 0.6) is 0 Å². The Morgan fingerprint density at radius 3 is 2.35 bits per heavy atom. The van der Waals surface area contributed by atoms with Crippen molar-refractivity contribution in [3.63, 3.8) is 0 Å². The van der Waals surface area contributed by atoms with Crippen LogP contribution in [0.15, 0.2) is 48.5 Å². The predicted octanol–water partition coefficient (Wildman–Crippen LogP) is 2.70. The number of para-hydroxylation sites is 4. The molecule has 0 bridgehead atoms.